The molecule has 0 aliphatic heterocycles. The summed E-state index contributed by atoms with van der Waals surface area (Å²) >= 11 is 7.29. The van der Waals surface area contributed by atoms with Gasteiger partial charge < -0.3 is 4.98 Å². The highest BCUT2D eigenvalue weighted by atomic mass is 35.5. The number of pyridine rings is 1. The minimum absolute atomic E-state index is 0.0877. The number of hydrogen-bond donors (Lipinski definition) is 1. The zero-order valence-electron chi connectivity index (χ0n) is 8.14. The summed E-state index contributed by atoms with van der Waals surface area (Å²) in [5.74, 6) is 0. The van der Waals surface area contributed by atoms with Gasteiger partial charge in [0.25, 0.3) is 0 Å². The van der Waals surface area contributed by atoms with Crippen molar-refractivity contribution in [2.75, 3.05) is 0 Å². The van der Waals surface area contributed by atoms with Crippen LogP contribution in [-0.2, 0) is 0 Å². The van der Waals surface area contributed by atoms with Crippen LogP contribution in [0.25, 0.3) is 0 Å². The Hall–Kier alpha value is -1.13. The van der Waals surface area contributed by atoms with Crippen molar-refractivity contribution in [2.45, 2.75) is 13.0 Å². The summed E-state index contributed by atoms with van der Waals surface area (Å²) in [6.45, 7) is 2.03. The number of rotatable bonds is 2. The van der Waals surface area contributed by atoms with Crippen LogP contribution in [0.15, 0.2) is 34.9 Å². The molecule has 2 rings (SSSR count). The molecule has 5 heteroatoms. The maximum Gasteiger partial charge on any atom is 0.182 e. The Labute approximate surface area is 96.5 Å². The molecule has 0 amide bonds. The molecule has 78 valence electrons. The first-order valence-corrected chi connectivity index (χ1v) is 5.79. The van der Waals surface area contributed by atoms with Crippen LogP contribution in [0.1, 0.15) is 18.5 Å². The van der Waals surface area contributed by atoms with Crippen LogP contribution in [0.5, 0.6) is 0 Å². The van der Waals surface area contributed by atoms with Gasteiger partial charge in [-0.15, -0.1) is 11.3 Å². The van der Waals surface area contributed by atoms with Crippen LogP contribution < -0.4 is 4.80 Å². The van der Waals surface area contributed by atoms with Gasteiger partial charge in [0.1, 0.15) is 5.15 Å². The van der Waals surface area contributed by atoms with Crippen molar-refractivity contribution in [1.29, 1.82) is 0 Å². The third-order valence-electron chi connectivity index (χ3n) is 2.00. The van der Waals surface area contributed by atoms with Gasteiger partial charge in [-0.25, -0.2) is 4.98 Å². The van der Waals surface area contributed by atoms with Crippen LogP contribution in [0.2, 0.25) is 5.15 Å². The maximum atomic E-state index is 5.71. The van der Waals surface area contributed by atoms with Gasteiger partial charge >= 0.3 is 0 Å². The van der Waals surface area contributed by atoms with Gasteiger partial charge in [-0.3, -0.25) is 4.99 Å². The van der Waals surface area contributed by atoms with Crippen molar-refractivity contribution >= 4 is 22.9 Å². The third-order valence-corrected chi connectivity index (χ3v) is 2.94. The second kappa shape index (κ2) is 4.59. The lowest BCUT2D eigenvalue weighted by Gasteiger charge is -2.04. The largest absolute Gasteiger partial charge is 0.338 e. The van der Waals surface area contributed by atoms with E-state index in [0.717, 1.165) is 10.4 Å². The molecular weight excluding hydrogens is 230 g/mol. The van der Waals surface area contributed by atoms with E-state index in [1.807, 2.05) is 24.6 Å². The Bertz CT molecular complexity index is 469. The number of nitrogens with zero attached hydrogens (tertiary/aromatic N) is 2. The number of halogens is 1. The van der Waals surface area contributed by atoms with E-state index < -0.39 is 0 Å². The summed E-state index contributed by atoms with van der Waals surface area (Å²) in [7, 11) is 0. The van der Waals surface area contributed by atoms with E-state index in [2.05, 4.69) is 15.0 Å². The van der Waals surface area contributed by atoms with Crippen molar-refractivity contribution in [3.8, 4) is 0 Å². The van der Waals surface area contributed by atoms with Crippen molar-refractivity contribution < 1.29 is 0 Å². The zero-order valence-corrected chi connectivity index (χ0v) is 9.72. The zero-order chi connectivity index (χ0) is 10.7. The molecule has 1 atom stereocenters. The van der Waals surface area contributed by atoms with Gasteiger partial charge in [-0.2, -0.15) is 0 Å². The van der Waals surface area contributed by atoms with E-state index >= 15 is 0 Å². The Kier molecular flexibility index (Phi) is 3.18. The molecule has 0 aromatic carbocycles. The molecule has 0 bridgehead atoms. The lowest BCUT2D eigenvalue weighted by molar-refractivity contribution is 0.781. The van der Waals surface area contributed by atoms with Crippen LogP contribution in [0.4, 0.5) is 0 Å². The van der Waals surface area contributed by atoms with E-state index in [-0.39, 0.29) is 6.04 Å². The Morgan fingerprint density at radius 2 is 2.40 bits per heavy atom. The fourth-order valence-electron chi connectivity index (χ4n) is 1.19. The lowest BCUT2D eigenvalue weighted by atomic mass is 10.2. The minimum atomic E-state index is 0.0877. The van der Waals surface area contributed by atoms with Gasteiger partial charge in [-0.1, -0.05) is 17.7 Å². The number of thiazole rings is 1. The van der Waals surface area contributed by atoms with Crippen molar-refractivity contribution in [2.24, 2.45) is 4.99 Å². The average molecular weight is 240 g/mol. The van der Waals surface area contributed by atoms with Gasteiger partial charge in [0.15, 0.2) is 4.80 Å². The fourth-order valence-corrected chi connectivity index (χ4v) is 1.92. The summed E-state index contributed by atoms with van der Waals surface area (Å²) in [5, 5.41) is 2.47. The first-order chi connectivity index (χ1) is 7.25. The standard InChI is InChI=1S/C10H10ClN3S/c1-7(14-10-12-4-5-15-10)8-2-3-9(11)13-6-8/h2-7H,1H3,(H,12,14). The Morgan fingerprint density at radius 1 is 1.53 bits per heavy atom. The lowest BCUT2D eigenvalue weighted by Crippen LogP contribution is -2.01. The number of H-pyrrole nitrogens is 1. The van der Waals surface area contributed by atoms with Gasteiger partial charge in [0.2, 0.25) is 0 Å². The minimum Gasteiger partial charge on any atom is -0.338 e. The topological polar surface area (TPSA) is 41.0 Å². The number of nitrogens with one attached hydrogen (secondary N) is 1. The molecule has 0 aliphatic carbocycles. The summed E-state index contributed by atoms with van der Waals surface area (Å²) in [4.78, 5) is 12.5. The molecule has 0 fully saturated rings. The van der Waals surface area contributed by atoms with Crippen molar-refractivity contribution in [1.82, 2.24) is 9.97 Å². The molecule has 1 unspecified atom stereocenters. The second-order valence-electron chi connectivity index (χ2n) is 3.09. The van der Waals surface area contributed by atoms with Crippen LogP contribution in [0.3, 0.4) is 0 Å². The van der Waals surface area contributed by atoms with E-state index in [9.17, 15) is 0 Å². The van der Waals surface area contributed by atoms with E-state index in [0.29, 0.717) is 5.15 Å². The highest BCUT2D eigenvalue weighted by Gasteiger charge is 2.03. The highest BCUT2D eigenvalue weighted by Crippen LogP contribution is 2.16. The molecule has 2 heterocycles. The summed E-state index contributed by atoms with van der Waals surface area (Å²) < 4.78 is 0. The molecule has 0 spiro atoms. The predicted octanol–water partition coefficient (Wildman–Crippen LogP) is 2.79. The normalized spacial score (nSPS) is 14.1. The SMILES string of the molecule is CC(/N=c1/[nH]ccs1)c1ccc(Cl)nc1. The molecule has 0 radical (unpaired) electrons. The van der Waals surface area contributed by atoms with Crippen LogP contribution in [-0.4, -0.2) is 9.97 Å². The molecule has 0 aliphatic rings. The van der Waals surface area contributed by atoms with Gasteiger partial charge in [0, 0.05) is 17.8 Å². The van der Waals surface area contributed by atoms with E-state index in [1.165, 1.54) is 0 Å². The Morgan fingerprint density at radius 3 is 3.00 bits per heavy atom. The fraction of sp³-hybridized carbons (Fsp3) is 0.200. The molecule has 0 saturated carbocycles. The molecule has 3 nitrogen and oxygen atoms in total. The first kappa shape index (κ1) is 10.4. The second-order valence-corrected chi connectivity index (χ2v) is 4.37. The number of aromatic nitrogens is 2. The van der Waals surface area contributed by atoms with E-state index in [1.54, 1.807) is 23.6 Å². The number of aromatic amines is 1. The smallest absolute Gasteiger partial charge is 0.182 e. The van der Waals surface area contributed by atoms with Gasteiger partial charge in [-0.05, 0) is 18.6 Å². The predicted molar refractivity (Wildman–Crippen MR) is 61.9 cm³/mol. The molecule has 2 aromatic rings. The quantitative estimate of drug-likeness (QED) is 0.805. The summed E-state index contributed by atoms with van der Waals surface area (Å²) in [6.07, 6.45) is 3.63. The average Bonchev–Trinajstić information content (AvgIpc) is 2.71. The first-order valence-electron chi connectivity index (χ1n) is 4.53. The molecule has 15 heavy (non-hydrogen) atoms. The monoisotopic (exact) mass is 239 g/mol. The van der Waals surface area contributed by atoms with Gasteiger partial charge in [0.05, 0.1) is 6.04 Å². The third kappa shape index (κ3) is 2.67. The molecular formula is C10H10ClN3S. The molecule has 2 aromatic heterocycles. The maximum absolute atomic E-state index is 5.71. The molecule has 0 saturated heterocycles. The summed E-state index contributed by atoms with van der Waals surface area (Å²) in [6, 6.07) is 3.81. The van der Waals surface area contributed by atoms with E-state index in [4.69, 9.17) is 11.6 Å². The van der Waals surface area contributed by atoms with Crippen molar-refractivity contribution in [3.63, 3.8) is 0 Å². The molecule has 1 N–H and O–H groups in total. The van der Waals surface area contributed by atoms with Crippen molar-refractivity contribution in [3.05, 3.63) is 45.4 Å². The highest BCUT2D eigenvalue weighted by molar-refractivity contribution is 7.07. The van der Waals surface area contributed by atoms with Crippen LogP contribution in [0, 0.1) is 0 Å². The Balaban J connectivity index is 2.26. The van der Waals surface area contributed by atoms with Crippen LogP contribution >= 0.6 is 22.9 Å². The summed E-state index contributed by atoms with van der Waals surface area (Å²) in [5.41, 5.74) is 1.06. The number of hydrogen-bond acceptors (Lipinski definition) is 3.